The summed E-state index contributed by atoms with van der Waals surface area (Å²) in [6.45, 7) is 6.62. The number of rotatable bonds is 7. The average molecular weight is 345 g/mol. The van der Waals surface area contributed by atoms with Crippen LogP contribution in [0.1, 0.15) is 50.3 Å². The second kappa shape index (κ2) is 8.86. The van der Waals surface area contributed by atoms with Crippen molar-refractivity contribution in [2.45, 2.75) is 39.2 Å². The van der Waals surface area contributed by atoms with E-state index < -0.39 is 0 Å². The largest absolute Gasteiger partial charge is 0.325 e. The number of benzene rings is 2. The maximum absolute atomic E-state index is 12.3. The third kappa shape index (κ3) is 5.08. The zero-order valence-corrected chi connectivity index (χ0v) is 15.2. The number of hydrogen-bond donors (Lipinski definition) is 2. The number of carbonyl (C=O) groups excluding carboxylic acids is 1. The van der Waals surface area contributed by atoms with Crippen LogP contribution in [0, 0.1) is 0 Å². The van der Waals surface area contributed by atoms with Gasteiger partial charge >= 0.3 is 0 Å². The third-order valence-electron chi connectivity index (χ3n) is 4.32. The monoisotopic (exact) mass is 344 g/mol. The van der Waals surface area contributed by atoms with Crippen LogP contribution in [-0.2, 0) is 4.79 Å². The fourth-order valence-electron chi connectivity index (χ4n) is 2.57. The van der Waals surface area contributed by atoms with Crippen LogP contribution in [0.25, 0.3) is 0 Å². The molecule has 0 bridgehead atoms. The van der Waals surface area contributed by atoms with Crippen molar-refractivity contribution < 1.29 is 4.79 Å². The van der Waals surface area contributed by atoms with Crippen LogP contribution in [0.15, 0.2) is 48.5 Å². The van der Waals surface area contributed by atoms with Gasteiger partial charge in [0.1, 0.15) is 0 Å². The minimum atomic E-state index is -0.0356. The quantitative estimate of drug-likeness (QED) is 0.729. The molecule has 1 amide bonds. The molecule has 0 aliphatic heterocycles. The van der Waals surface area contributed by atoms with E-state index >= 15 is 0 Å². The number of nitrogens with one attached hydrogen (secondary N) is 2. The van der Waals surface area contributed by atoms with Gasteiger partial charge in [-0.1, -0.05) is 55.8 Å². The molecule has 0 unspecified atom stereocenters. The molecule has 3 nitrogen and oxygen atoms in total. The molecule has 2 aromatic carbocycles. The summed E-state index contributed by atoms with van der Waals surface area (Å²) < 4.78 is 0. The molecule has 0 heterocycles. The van der Waals surface area contributed by atoms with E-state index in [4.69, 9.17) is 11.6 Å². The van der Waals surface area contributed by atoms with Crippen LogP contribution in [0.5, 0.6) is 0 Å². The summed E-state index contributed by atoms with van der Waals surface area (Å²) in [5.74, 6) is 0.383. The van der Waals surface area contributed by atoms with Gasteiger partial charge in [-0.15, -0.1) is 0 Å². The van der Waals surface area contributed by atoms with Gasteiger partial charge in [0.05, 0.1) is 6.54 Å². The van der Waals surface area contributed by atoms with Crippen molar-refractivity contribution in [1.82, 2.24) is 5.32 Å². The Balaban J connectivity index is 1.93. The lowest BCUT2D eigenvalue weighted by atomic mass is 9.97. The fourth-order valence-corrected chi connectivity index (χ4v) is 2.70. The maximum Gasteiger partial charge on any atom is 0.238 e. The van der Waals surface area contributed by atoms with Gasteiger partial charge in [-0.2, -0.15) is 0 Å². The molecule has 0 radical (unpaired) electrons. The van der Waals surface area contributed by atoms with Gasteiger partial charge in [-0.3, -0.25) is 4.79 Å². The van der Waals surface area contributed by atoms with Gasteiger partial charge in [0.15, 0.2) is 0 Å². The fraction of sp³-hybridized carbons (Fsp3) is 0.350. The van der Waals surface area contributed by atoms with Gasteiger partial charge in [0.2, 0.25) is 5.91 Å². The van der Waals surface area contributed by atoms with Crippen LogP contribution in [-0.4, -0.2) is 12.5 Å². The first kappa shape index (κ1) is 18.5. The molecule has 0 aliphatic carbocycles. The van der Waals surface area contributed by atoms with Gasteiger partial charge in [0, 0.05) is 16.8 Å². The third-order valence-corrected chi connectivity index (χ3v) is 4.57. The summed E-state index contributed by atoms with van der Waals surface area (Å²) in [6, 6.07) is 15.7. The van der Waals surface area contributed by atoms with E-state index in [1.165, 1.54) is 5.56 Å². The van der Waals surface area contributed by atoms with Crippen molar-refractivity contribution in [3.63, 3.8) is 0 Å². The molecule has 0 spiro atoms. The molecule has 0 fully saturated rings. The molecule has 2 aromatic rings. The summed E-state index contributed by atoms with van der Waals surface area (Å²) in [5.41, 5.74) is 3.18. The van der Waals surface area contributed by atoms with Crippen molar-refractivity contribution in [2.75, 3.05) is 11.9 Å². The zero-order chi connectivity index (χ0) is 17.5. The Morgan fingerprint density at radius 1 is 1.08 bits per heavy atom. The molecule has 0 saturated heterocycles. The predicted octanol–water partition coefficient (Wildman–Crippen LogP) is 5.14. The van der Waals surface area contributed by atoms with Crippen molar-refractivity contribution in [2.24, 2.45) is 0 Å². The number of halogens is 1. The smallest absolute Gasteiger partial charge is 0.238 e. The van der Waals surface area contributed by atoms with Gasteiger partial charge in [-0.25, -0.2) is 0 Å². The van der Waals surface area contributed by atoms with Crippen LogP contribution < -0.4 is 10.6 Å². The maximum atomic E-state index is 12.3. The first-order valence-electron chi connectivity index (χ1n) is 8.39. The topological polar surface area (TPSA) is 41.1 Å². The van der Waals surface area contributed by atoms with Gasteiger partial charge < -0.3 is 10.6 Å². The van der Waals surface area contributed by atoms with E-state index in [1.54, 1.807) is 0 Å². The van der Waals surface area contributed by atoms with E-state index in [9.17, 15) is 4.79 Å². The number of hydrogen-bond acceptors (Lipinski definition) is 2. The Bertz CT molecular complexity index is 670. The van der Waals surface area contributed by atoms with Crippen molar-refractivity contribution in [3.8, 4) is 0 Å². The van der Waals surface area contributed by atoms with E-state index in [2.05, 4.69) is 30.5 Å². The van der Waals surface area contributed by atoms with Crippen molar-refractivity contribution in [1.29, 1.82) is 0 Å². The van der Waals surface area contributed by atoms with Gasteiger partial charge in [-0.05, 0) is 48.6 Å². The summed E-state index contributed by atoms with van der Waals surface area (Å²) >= 11 is 5.90. The normalized spacial score (nSPS) is 13.3. The Morgan fingerprint density at radius 2 is 1.75 bits per heavy atom. The molecule has 2 atom stereocenters. The van der Waals surface area contributed by atoms with E-state index in [0.29, 0.717) is 10.9 Å². The minimum Gasteiger partial charge on any atom is -0.325 e. The molecular weight excluding hydrogens is 320 g/mol. The first-order chi connectivity index (χ1) is 11.5. The Morgan fingerprint density at radius 3 is 2.42 bits per heavy atom. The summed E-state index contributed by atoms with van der Waals surface area (Å²) in [4.78, 5) is 12.3. The Labute approximate surface area is 149 Å². The van der Waals surface area contributed by atoms with E-state index in [1.807, 2.05) is 49.4 Å². The number of anilines is 1. The number of carbonyl (C=O) groups is 1. The highest BCUT2D eigenvalue weighted by Gasteiger charge is 2.12. The van der Waals surface area contributed by atoms with Crippen LogP contribution in [0.4, 0.5) is 5.69 Å². The number of amides is 1. The van der Waals surface area contributed by atoms with Crippen molar-refractivity contribution >= 4 is 23.2 Å². The lowest BCUT2D eigenvalue weighted by molar-refractivity contribution is -0.115. The predicted molar refractivity (Wildman–Crippen MR) is 102 cm³/mol. The zero-order valence-electron chi connectivity index (χ0n) is 14.5. The van der Waals surface area contributed by atoms with Crippen LogP contribution >= 0.6 is 11.6 Å². The molecule has 0 saturated carbocycles. The molecule has 2 N–H and O–H groups in total. The first-order valence-corrected chi connectivity index (χ1v) is 8.76. The van der Waals surface area contributed by atoms with Crippen molar-refractivity contribution in [3.05, 3.63) is 64.7 Å². The lowest BCUT2D eigenvalue weighted by Crippen LogP contribution is -2.30. The highest BCUT2D eigenvalue weighted by molar-refractivity contribution is 6.30. The number of para-hydroxylation sites is 1. The highest BCUT2D eigenvalue weighted by Crippen LogP contribution is 2.26. The van der Waals surface area contributed by atoms with Crippen LogP contribution in [0.3, 0.4) is 0 Å². The molecule has 4 heteroatoms. The molecule has 24 heavy (non-hydrogen) atoms. The van der Waals surface area contributed by atoms with E-state index in [-0.39, 0.29) is 18.5 Å². The summed E-state index contributed by atoms with van der Waals surface area (Å²) in [7, 11) is 0. The summed E-state index contributed by atoms with van der Waals surface area (Å²) in [5, 5.41) is 6.98. The summed E-state index contributed by atoms with van der Waals surface area (Å²) in [6.07, 6.45) is 1.04. The average Bonchev–Trinajstić information content (AvgIpc) is 2.60. The SMILES string of the molecule is CC[C@H](C)c1ccccc1NC(=O)CN[C@@H](C)c1ccc(Cl)cc1. The molecular formula is C20H25ClN2O. The van der Waals surface area contributed by atoms with Gasteiger partial charge in [0.25, 0.3) is 0 Å². The molecule has 128 valence electrons. The molecule has 0 aromatic heterocycles. The van der Waals surface area contributed by atoms with E-state index in [0.717, 1.165) is 17.7 Å². The molecule has 2 rings (SSSR count). The standard InChI is InChI=1S/C20H25ClN2O/c1-4-14(2)18-7-5-6-8-19(18)23-20(24)13-22-15(3)16-9-11-17(21)12-10-16/h5-12,14-15,22H,4,13H2,1-3H3,(H,23,24)/t14-,15-/m0/s1. The lowest BCUT2D eigenvalue weighted by Gasteiger charge is -2.17. The Hall–Kier alpha value is -1.84. The Kier molecular flexibility index (Phi) is 6.83. The second-order valence-electron chi connectivity index (χ2n) is 6.10. The highest BCUT2D eigenvalue weighted by atomic mass is 35.5. The second-order valence-corrected chi connectivity index (χ2v) is 6.54. The minimum absolute atomic E-state index is 0.0356. The molecule has 0 aliphatic rings. The van der Waals surface area contributed by atoms with Crippen LogP contribution in [0.2, 0.25) is 5.02 Å².